The highest BCUT2D eigenvalue weighted by molar-refractivity contribution is 5.94. The number of guanidine groups is 1. The van der Waals surface area contributed by atoms with E-state index < -0.39 is 0 Å². The number of nitrogens with one attached hydrogen (secondary N) is 3. The number of amides is 1. The van der Waals surface area contributed by atoms with E-state index in [1.54, 1.807) is 14.2 Å². The normalized spacial score (nSPS) is 11.0. The lowest BCUT2D eigenvalue weighted by Crippen LogP contribution is -2.36. The molecule has 0 heterocycles. The van der Waals surface area contributed by atoms with Gasteiger partial charge < -0.3 is 25.4 Å². The fraction of sp³-hybridized carbons (Fsp3) is 0.417. The Balaban J connectivity index is 1.97. The molecule has 31 heavy (non-hydrogen) atoms. The van der Waals surface area contributed by atoms with Gasteiger partial charge in [0.2, 0.25) is 0 Å². The van der Waals surface area contributed by atoms with Gasteiger partial charge in [-0.3, -0.25) is 4.79 Å². The fourth-order valence-corrected chi connectivity index (χ4v) is 2.93. The van der Waals surface area contributed by atoms with Crippen molar-refractivity contribution in [2.75, 3.05) is 27.3 Å². The van der Waals surface area contributed by atoms with Crippen LogP contribution in [0.25, 0.3) is 0 Å². The van der Waals surface area contributed by atoms with Crippen molar-refractivity contribution in [2.24, 2.45) is 4.99 Å². The van der Waals surface area contributed by atoms with Gasteiger partial charge in [-0.15, -0.1) is 0 Å². The lowest BCUT2D eigenvalue weighted by Gasteiger charge is -2.14. The summed E-state index contributed by atoms with van der Waals surface area (Å²) >= 11 is 0. The molecule has 0 aliphatic heterocycles. The summed E-state index contributed by atoms with van der Waals surface area (Å²) < 4.78 is 10.7. The van der Waals surface area contributed by atoms with Crippen molar-refractivity contribution in [1.82, 2.24) is 16.0 Å². The molecule has 0 aliphatic rings. The van der Waals surface area contributed by atoms with Crippen LogP contribution in [0.3, 0.4) is 0 Å². The number of rotatable bonds is 11. The van der Waals surface area contributed by atoms with Crippen LogP contribution in [-0.2, 0) is 13.1 Å². The van der Waals surface area contributed by atoms with Gasteiger partial charge in [-0.25, -0.2) is 4.99 Å². The lowest BCUT2D eigenvalue weighted by molar-refractivity contribution is 0.0953. The van der Waals surface area contributed by atoms with Gasteiger partial charge >= 0.3 is 0 Å². The van der Waals surface area contributed by atoms with E-state index in [0.29, 0.717) is 31.2 Å². The monoisotopic (exact) mass is 426 g/mol. The smallest absolute Gasteiger partial charge is 0.251 e. The Labute approximate surface area is 185 Å². The maximum absolute atomic E-state index is 12.1. The molecular formula is C24H34N4O3. The molecule has 0 saturated heterocycles. The number of benzene rings is 2. The number of unbranched alkanes of at least 4 members (excludes halogenated alkanes) is 1. The quantitative estimate of drug-likeness (QED) is 0.291. The first-order chi connectivity index (χ1) is 15.1. The number of ether oxygens (including phenoxy) is 2. The minimum Gasteiger partial charge on any atom is -0.497 e. The van der Waals surface area contributed by atoms with Gasteiger partial charge in [0.05, 0.1) is 20.8 Å². The van der Waals surface area contributed by atoms with Crippen LogP contribution in [0.2, 0.25) is 0 Å². The summed E-state index contributed by atoms with van der Waals surface area (Å²) in [6.45, 7) is 6.66. The molecule has 0 fully saturated rings. The van der Waals surface area contributed by atoms with Crippen molar-refractivity contribution < 1.29 is 14.3 Å². The molecule has 2 rings (SSSR count). The molecule has 7 nitrogen and oxygen atoms in total. The third kappa shape index (κ3) is 7.85. The zero-order chi connectivity index (χ0) is 22.5. The number of carbonyl (C=O) groups excluding carboxylic acids is 1. The summed E-state index contributed by atoms with van der Waals surface area (Å²) in [4.78, 5) is 16.8. The molecule has 3 N–H and O–H groups in total. The summed E-state index contributed by atoms with van der Waals surface area (Å²) in [5.74, 6) is 2.19. The van der Waals surface area contributed by atoms with Gasteiger partial charge in [-0.2, -0.15) is 0 Å². The zero-order valence-electron chi connectivity index (χ0n) is 19.0. The van der Waals surface area contributed by atoms with Crippen LogP contribution in [0.1, 0.15) is 48.2 Å². The number of carbonyl (C=O) groups is 1. The van der Waals surface area contributed by atoms with E-state index in [2.05, 4.69) is 27.9 Å². The van der Waals surface area contributed by atoms with Crippen molar-refractivity contribution >= 4 is 11.9 Å². The topological polar surface area (TPSA) is 84.0 Å². The van der Waals surface area contributed by atoms with Crippen molar-refractivity contribution in [3.05, 3.63) is 59.2 Å². The predicted octanol–water partition coefficient (Wildman–Crippen LogP) is 3.49. The molecule has 7 heteroatoms. The summed E-state index contributed by atoms with van der Waals surface area (Å²) in [5, 5.41) is 9.51. The van der Waals surface area contributed by atoms with Crippen LogP contribution < -0.4 is 25.4 Å². The van der Waals surface area contributed by atoms with Gasteiger partial charge in [-0.1, -0.05) is 25.5 Å². The minimum absolute atomic E-state index is 0.0352. The molecule has 0 saturated carbocycles. The average Bonchev–Trinajstić information content (AvgIpc) is 2.81. The molecule has 0 unspecified atom stereocenters. The van der Waals surface area contributed by atoms with Crippen LogP contribution in [0.5, 0.6) is 11.5 Å². The molecule has 0 radical (unpaired) electrons. The first kappa shape index (κ1) is 24.1. The molecule has 0 spiro atoms. The van der Waals surface area contributed by atoms with Gasteiger partial charge in [0.15, 0.2) is 5.96 Å². The minimum atomic E-state index is -0.0352. The van der Waals surface area contributed by atoms with Crippen molar-refractivity contribution in [3.63, 3.8) is 0 Å². The number of methoxy groups -OCH3 is 2. The Morgan fingerprint density at radius 2 is 1.74 bits per heavy atom. The van der Waals surface area contributed by atoms with Crippen LogP contribution in [0.4, 0.5) is 0 Å². The predicted molar refractivity (Wildman–Crippen MR) is 125 cm³/mol. The standard InChI is InChI=1S/C24H34N4O3/c1-5-7-14-26-23(29)19-10-8-18(9-11-19)16-27-24(25-6-2)28-17-20-12-13-21(30-3)15-22(20)31-4/h8-13,15H,5-7,14,16-17H2,1-4H3,(H,26,29)(H2,25,27,28). The Morgan fingerprint density at radius 3 is 2.39 bits per heavy atom. The molecule has 0 aliphatic carbocycles. The maximum atomic E-state index is 12.1. The van der Waals surface area contributed by atoms with Gasteiger partial charge in [0, 0.05) is 36.8 Å². The SMILES string of the molecule is CCCCNC(=O)c1ccc(CN=C(NCC)NCc2ccc(OC)cc2OC)cc1. The molecule has 0 atom stereocenters. The molecule has 2 aromatic rings. The van der Waals surface area contributed by atoms with E-state index >= 15 is 0 Å². The van der Waals surface area contributed by atoms with E-state index in [9.17, 15) is 4.79 Å². The highest BCUT2D eigenvalue weighted by Crippen LogP contribution is 2.24. The summed E-state index contributed by atoms with van der Waals surface area (Å²) in [6.07, 6.45) is 2.05. The lowest BCUT2D eigenvalue weighted by atomic mass is 10.1. The van der Waals surface area contributed by atoms with Crippen molar-refractivity contribution in [1.29, 1.82) is 0 Å². The number of hydrogen-bond acceptors (Lipinski definition) is 4. The first-order valence-corrected chi connectivity index (χ1v) is 10.7. The largest absolute Gasteiger partial charge is 0.497 e. The highest BCUT2D eigenvalue weighted by Gasteiger charge is 2.07. The molecular weight excluding hydrogens is 392 g/mol. The van der Waals surface area contributed by atoms with E-state index in [1.165, 1.54) is 0 Å². The Bertz CT molecular complexity index is 850. The van der Waals surface area contributed by atoms with Gasteiger partial charge in [-0.05, 0) is 43.2 Å². The van der Waals surface area contributed by atoms with E-state index in [4.69, 9.17) is 9.47 Å². The van der Waals surface area contributed by atoms with Crippen molar-refractivity contribution in [2.45, 2.75) is 39.8 Å². The van der Waals surface area contributed by atoms with Crippen LogP contribution >= 0.6 is 0 Å². The summed E-state index contributed by atoms with van der Waals surface area (Å²) in [5.41, 5.74) is 2.71. The Morgan fingerprint density at radius 1 is 0.968 bits per heavy atom. The first-order valence-electron chi connectivity index (χ1n) is 10.7. The van der Waals surface area contributed by atoms with Crippen LogP contribution in [-0.4, -0.2) is 39.2 Å². The number of aliphatic imine (C=N–C) groups is 1. The van der Waals surface area contributed by atoms with Crippen LogP contribution in [0.15, 0.2) is 47.5 Å². The van der Waals surface area contributed by atoms with E-state index in [0.717, 1.165) is 42.0 Å². The maximum Gasteiger partial charge on any atom is 0.251 e. The third-order valence-corrected chi connectivity index (χ3v) is 4.74. The van der Waals surface area contributed by atoms with Crippen molar-refractivity contribution in [3.8, 4) is 11.5 Å². The summed E-state index contributed by atoms with van der Waals surface area (Å²) in [6, 6.07) is 13.3. The Hall–Kier alpha value is -3.22. The van der Waals surface area contributed by atoms with Gasteiger partial charge in [0.25, 0.3) is 5.91 Å². The summed E-state index contributed by atoms with van der Waals surface area (Å²) in [7, 11) is 3.28. The molecule has 0 aromatic heterocycles. The Kier molecular flexibility index (Phi) is 10.2. The fourth-order valence-electron chi connectivity index (χ4n) is 2.93. The highest BCUT2D eigenvalue weighted by atomic mass is 16.5. The molecule has 1 amide bonds. The second-order valence-electron chi connectivity index (χ2n) is 7.03. The molecule has 168 valence electrons. The zero-order valence-corrected chi connectivity index (χ0v) is 19.0. The molecule has 0 bridgehead atoms. The second kappa shape index (κ2) is 13.2. The second-order valence-corrected chi connectivity index (χ2v) is 7.03. The number of nitrogens with zero attached hydrogens (tertiary/aromatic N) is 1. The van der Waals surface area contributed by atoms with E-state index in [-0.39, 0.29) is 5.91 Å². The van der Waals surface area contributed by atoms with Crippen LogP contribution in [0, 0.1) is 0 Å². The number of hydrogen-bond donors (Lipinski definition) is 3. The average molecular weight is 427 g/mol. The van der Waals surface area contributed by atoms with Gasteiger partial charge in [0.1, 0.15) is 11.5 Å². The molecule has 2 aromatic carbocycles. The van der Waals surface area contributed by atoms with E-state index in [1.807, 2.05) is 49.4 Å². The third-order valence-electron chi connectivity index (χ3n) is 4.74.